The van der Waals surface area contributed by atoms with E-state index in [-0.39, 0.29) is 6.61 Å². The van der Waals surface area contributed by atoms with Gasteiger partial charge in [0.25, 0.3) is 0 Å². The fourth-order valence-electron chi connectivity index (χ4n) is 1.89. The van der Waals surface area contributed by atoms with Crippen LogP contribution in [0.3, 0.4) is 0 Å². The first-order valence-electron chi connectivity index (χ1n) is 5.09. The molecule has 5 heteroatoms. The molecule has 0 radical (unpaired) electrons. The Kier molecular flexibility index (Phi) is 3.35. The summed E-state index contributed by atoms with van der Waals surface area (Å²) < 4.78 is 17.7. The van der Waals surface area contributed by atoms with Gasteiger partial charge in [0.05, 0.1) is 12.5 Å². The molecule has 0 amide bonds. The number of carbonyl (C=O) groups is 2. The summed E-state index contributed by atoms with van der Waals surface area (Å²) in [6.45, 7) is 5.12. The summed E-state index contributed by atoms with van der Waals surface area (Å²) in [7, 11) is 0. The SMILES string of the molecule is CCOC(=O)C(F)=CC1C(C(=O)O)C1(C)C. The molecular formula is C11H15FO4. The highest BCUT2D eigenvalue weighted by Gasteiger charge is 2.61. The van der Waals surface area contributed by atoms with E-state index in [1.54, 1.807) is 20.8 Å². The second-order valence-corrected chi connectivity index (χ2v) is 4.40. The van der Waals surface area contributed by atoms with Crippen LogP contribution in [-0.2, 0) is 14.3 Å². The van der Waals surface area contributed by atoms with Gasteiger partial charge >= 0.3 is 11.9 Å². The largest absolute Gasteiger partial charge is 0.481 e. The lowest BCUT2D eigenvalue weighted by atomic mass is 10.1. The highest BCUT2D eigenvalue weighted by atomic mass is 19.1. The van der Waals surface area contributed by atoms with Crippen LogP contribution in [0.25, 0.3) is 0 Å². The number of carboxylic acid groups (broad SMARTS) is 1. The number of esters is 1. The fourth-order valence-corrected chi connectivity index (χ4v) is 1.89. The van der Waals surface area contributed by atoms with Crippen molar-refractivity contribution in [3.05, 3.63) is 11.9 Å². The van der Waals surface area contributed by atoms with Crippen molar-refractivity contribution < 1.29 is 23.8 Å². The third-order valence-electron chi connectivity index (χ3n) is 2.97. The highest BCUT2D eigenvalue weighted by Crippen LogP contribution is 2.59. The van der Waals surface area contributed by atoms with Crippen molar-refractivity contribution in [3.8, 4) is 0 Å². The van der Waals surface area contributed by atoms with Crippen LogP contribution in [0.5, 0.6) is 0 Å². The molecule has 1 saturated carbocycles. The zero-order chi connectivity index (χ0) is 12.5. The monoisotopic (exact) mass is 230 g/mol. The number of allylic oxidation sites excluding steroid dienone is 1. The lowest BCUT2D eigenvalue weighted by Gasteiger charge is -1.99. The molecule has 0 saturated heterocycles. The van der Waals surface area contributed by atoms with E-state index in [1.807, 2.05) is 0 Å². The van der Waals surface area contributed by atoms with Crippen LogP contribution in [-0.4, -0.2) is 23.7 Å². The van der Waals surface area contributed by atoms with Gasteiger partial charge in [0.1, 0.15) is 0 Å². The Labute approximate surface area is 93.1 Å². The number of halogens is 1. The Morgan fingerprint density at radius 3 is 2.44 bits per heavy atom. The summed E-state index contributed by atoms with van der Waals surface area (Å²) in [6, 6.07) is 0. The zero-order valence-corrected chi connectivity index (χ0v) is 9.49. The normalized spacial score (nSPS) is 27.4. The molecule has 2 atom stereocenters. The number of rotatable bonds is 4. The lowest BCUT2D eigenvalue weighted by Crippen LogP contribution is -2.05. The lowest BCUT2D eigenvalue weighted by molar-refractivity contribution is -0.141. The second kappa shape index (κ2) is 4.23. The molecule has 0 aromatic heterocycles. The molecule has 2 unspecified atom stereocenters. The first kappa shape index (κ1) is 12.7. The summed E-state index contributed by atoms with van der Waals surface area (Å²) in [4.78, 5) is 21.8. The summed E-state index contributed by atoms with van der Waals surface area (Å²) in [6.07, 6.45) is 1.05. The van der Waals surface area contributed by atoms with Crippen molar-refractivity contribution in [2.45, 2.75) is 20.8 Å². The van der Waals surface area contributed by atoms with Crippen LogP contribution >= 0.6 is 0 Å². The first-order valence-corrected chi connectivity index (χ1v) is 5.09. The fraction of sp³-hybridized carbons (Fsp3) is 0.636. The third-order valence-corrected chi connectivity index (χ3v) is 2.97. The molecule has 1 N–H and O–H groups in total. The van der Waals surface area contributed by atoms with Crippen LogP contribution in [0.15, 0.2) is 11.9 Å². The van der Waals surface area contributed by atoms with Crippen molar-refractivity contribution in [2.24, 2.45) is 17.3 Å². The van der Waals surface area contributed by atoms with Crippen LogP contribution in [0, 0.1) is 17.3 Å². The maximum absolute atomic E-state index is 13.2. The molecule has 0 heterocycles. The number of hydrogen-bond acceptors (Lipinski definition) is 3. The van der Waals surface area contributed by atoms with E-state index < -0.39 is 35.0 Å². The third kappa shape index (κ3) is 2.23. The number of aliphatic carboxylic acids is 1. The van der Waals surface area contributed by atoms with Gasteiger partial charge in [0, 0.05) is 0 Å². The first-order chi connectivity index (χ1) is 7.32. The molecule has 90 valence electrons. The highest BCUT2D eigenvalue weighted by molar-refractivity contribution is 5.86. The minimum absolute atomic E-state index is 0.0938. The van der Waals surface area contributed by atoms with Gasteiger partial charge in [0.2, 0.25) is 5.83 Å². The van der Waals surface area contributed by atoms with Gasteiger partial charge in [-0.3, -0.25) is 4.79 Å². The predicted octanol–water partition coefficient (Wildman–Crippen LogP) is 1.76. The molecule has 0 aromatic carbocycles. The number of carbonyl (C=O) groups excluding carboxylic acids is 1. The van der Waals surface area contributed by atoms with Crippen molar-refractivity contribution in [2.75, 3.05) is 6.61 Å². The van der Waals surface area contributed by atoms with E-state index >= 15 is 0 Å². The molecule has 1 aliphatic rings. The maximum Gasteiger partial charge on any atom is 0.366 e. The maximum atomic E-state index is 13.2. The van der Waals surface area contributed by atoms with Crippen molar-refractivity contribution in [1.29, 1.82) is 0 Å². The Bertz CT molecular complexity index is 346. The molecule has 0 aliphatic heterocycles. The number of hydrogen-bond donors (Lipinski definition) is 1. The molecular weight excluding hydrogens is 215 g/mol. The average molecular weight is 230 g/mol. The molecule has 0 bridgehead atoms. The molecule has 0 aromatic rings. The van der Waals surface area contributed by atoms with E-state index in [2.05, 4.69) is 4.74 Å². The Balaban J connectivity index is 2.72. The topological polar surface area (TPSA) is 63.6 Å². The summed E-state index contributed by atoms with van der Waals surface area (Å²) in [5, 5.41) is 8.85. The van der Waals surface area contributed by atoms with E-state index in [1.165, 1.54) is 0 Å². The van der Waals surface area contributed by atoms with Gasteiger partial charge in [-0.15, -0.1) is 0 Å². The summed E-state index contributed by atoms with van der Waals surface area (Å²) in [5.41, 5.74) is -0.504. The van der Waals surface area contributed by atoms with Crippen LogP contribution in [0.4, 0.5) is 4.39 Å². The van der Waals surface area contributed by atoms with Gasteiger partial charge in [0.15, 0.2) is 0 Å². The summed E-state index contributed by atoms with van der Waals surface area (Å²) in [5.74, 6) is -4.09. The van der Waals surface area contributed by atoms with Gasteiger partial charge in [-0.25, -0.2) is 4.79 Å². The van der Waals surface area contributed by atoms with Gasteiger partial charge in [-0.05, 0) is 24.3 Å². The van der Waals surface area contributed by atoms with Gasteiger partial charge in [-0.2, -0.15) is 4.39 Å². The Morgan fingerprint density at radius 1 is 1.50 bits per heavy atom. The van der Waals surface area contributed by atoms with Gasteiger partial charge < -0.3 is 9.84 Å². The summed E-state index contributed by atoms with van der Waals surface area (Å²) >= 11 is 0. The molecule has 1 rings (SSSR count). The number of carboxylic acids is 1. The quantitative estimate of drug-likeness (QED) is 0.590. The minimum Gasteiger partial charge on any atom is -0.481 e. The second-order valence-electron chi connectivity index (χ2n) is 4.40. The van der Waals surface area contributed by atoms with Crippen LogP contribution < -0.4 is 0 Å². The molecule has 4 nitrogen and oxygen atoms in total. The van der Waals surface area contributed by atoms with E-state index in [9.17, 15) is 14.0 Å². The molecule has 16 heavy (non-hydrogen) atoms. The molecule has 1 fully saturated rings. The Morgan fingerprint density at radius 2 is 2.06 bits per heavy atom. The van der Waals surface area contributed by atoms with Crippen LogP contribution in [0.2, 0.25) is 0 Å². The standard InChI is InChI=1S/C11H15FO4/c1-4-16-10(15)7(12)5-6-8(9(13)14)11(6,2)3/h5-6,8H,4H2,1-3H3,(H,13,14). The zero-order valence-electron chi connectivity index (χ0n) is 9.49. The molecule has 0 spiro atoms. The van der Waals surface area contributed by atoms with Crippen molar-refractivity contribution in [1.82, 2.24) is 0 Å². The minimum atomic E-state index is -1.03. The Hall–Kier alpha value is -1.39. The van der Waals surface area contributed by atoms with Crippen molar-refractivity contribution >= 4 is 11.9 Å². The average Bonchev–Trinajstić information content (AvgIpc) is 2.68. The van der Waals surface area contributed by atoms with Crippen molar-refractivity contribution in [3.63, 3.8) is 0 Å². The number of ether oxygens (including phenoxy) is 1. The predicted molar refractivity (Wildman–Crippen MR) is 54.2 cm³/mol. The van der Waals surface area contributed by atoms with Crippen LogP contribution in [0.1, 0.15) is 20.8 Å². The van der Waals surface area contributed by atoms with E-state index in [0.717, 1.165) is 6.08 Å². The van der Waals surface area contributed by atoms with E-state index in [0.29, 0.717) is 0 Å². The smallest absolute Gasteiger partial charge is 0.366 e. The molecule has 1 aliphatic carbocycles. The van der Waals surface area contributed by atoms with Gasteiger partial charge in [-0.1, -0.05) is 13.8 Å². The van der Waals surface area contributed by atoms with E-state index in [4.69, 9.17) is 5.11 Å².